The van der Waals surface area contributed by atoms with Crippen LogP contribution in [-0.4, -0.2) is 35.8 Å². The summed E-state index contributed by atoms with van der Waals surface area (Å²) in [5, 5.41) is 2.65. The minimum Gasteiger partial charge on any atom is -0.319 e. The van der Waals surface area contributed by atoms with Crippen LogP contribution in [0, 0.1) is 12.7 Å². The van der Waals surface area contributed by atoms with Gasteiger partial charge in [-0.1, -0.05) is 29.8 Å². The van der Waals surface area contributed by atoms with Gasteiger partial charge in [0.2, 0.25) is 5.91 Å². The van der Waals surface area contributed by atoms with Crippen LogP contribution in [-0.2, 0) is 21.5 Å². The van der Waals surface area contributed by atoms with Gasteiger partial charge in [-0.25, -0.2) is 9.18 Å². The highest BCUT2D eigenvalue weighted by Crippen LogP contribution is 2.31. The standard InChI is InChI=1S/C22H22FN3O3/c1-14-5-10-18-15(12-14)4-3-11-25(18)19(27)13-26-20(28)22(2,24-21(26)29)16-6-8-17(23)9-7-16/h5-10,12H,3-4,11,13H2,1-2H3,(H,24,29). The van der Waals surface area contributed by atoms with E-state index in [0.29, 0.717) is 12.1 Å². The van der Waals surface area contributed by atoms with Gasteiger partial charge in [-0.15, -0.1) is 0 Å². The molecule has 0 spiro atoms. The van der Waals surface area contributed by atoms with Crippen molar-refractivity contribution in [3.63, 3.8) is 0 Å². The van der Waals surface area contributed by atoms with Crippen molar-refractivity contribution < 1.29 is 18.8 Å². The van der Waals surface area contributed by atoms with E-state index in [0.717, 1.165) is 34.6 Å². The number of hydrogen-bond donors (Lipinski definition) is 1. The van der Waals surface area contributed by atoms with E-state index in [9.17, 15) is 18.8 Å². The quantitative estimate of drug-likeness (QED) is 0.813. The summed E-state index contributed by atoms with van der Waals surface area (Å²) in [5.74, 6) is -1.26. The Bertz CT molecular complexity index is 1000. The van der Waals surface area contributed by atoms with Crippen LogP contribution in [0.5, 0.6) is 0 Å². The van der Waals surface area contributed by atoms with Crippen molar-refractivity contribution >= 4 is 23.5 Å². The molecule has 6 nitrogen and oxygen atoms in total. The van der Waals surface area contributed by atoms with Gasteiger partial charge in [0.15, 0.2) is 0 Å². The van der Waals surface area contributed by atoms with Gasteiger partial charge < -0.3 is 10.2 Å². The molecule has 0 aromatic heterocycles. The second kappa shape index (κ2) is 6.99. The van der Waals surface area contributed by atoms with Gasteiger partial charge in [0.05, 0.1) is 0 Å². The summed E-state index contributed by atoms with van der Waals surface area (Å²) in [6.07, 6.45) is 1.72. The van der Waals surface area contributed by atoms with Crippen molar-refractivity contribution in [2.75, 3.05) is 18.0 Å². The zero-order chi connectivity index (χ0) is 20.8. The highest BCUT2D eigenvalue weighted by molar-refractivity contribution is 6.10. The number of benzene rings is 2. The number of halogens is 1. The summed E-state index contributed by atoms with van der Waals surface area (Å²) in [4.78, 5) is 41.1. The molecule has 2 aromatic carbocycles. The normalized spacial score (nSPS) is 21.2. The van der Waals surface area contributed by atoms with Crippen LogP contribution < -0.4 is 10.2 Å². The summed E-state index contributed by atoms with van der Waals surface area (Å²) < 4.78 is 13.2. The molecule has 2 heterocycles. The number of hydrogen-bond acceptors (Lipinski definition) is 3. The summed E-state index contributed by atoms with van der Waals surface area (Å²) in [5.41, 5.74) is 2.19. The zero-order valence-electron chi connectivity index (χ0n) is 16.4. The van der Waals surface area contributed by atoms with E-state index in [-0.39, 0.29) is 12.5 Å². The van der Waals surface area contributed by atoms with Gasteiger partial charge in [-0.2, -0.15) is 0 Å². The molecular formula is C22H22FN3O3. The molecule has 29 heavy (non-hydrogen) atoms. The third kappa shape index (κ3) is 3.26. The Labute approximate surface area is 168 Å². The van der Waals surface area contributed by atoms with E-state index >= 15 is 0 Å². The molecule has 1 N–H and O–H groups in total. The number of imide groups is 1. The predicted molar refractivity (Wildman–Crippen MR) is 106 cm³/mol. The van der Waals surface area contributed by atoms with Crippen molar-refractivity contribution in [1.29, 1.82) is 0 Å². The van der Waals surface area contributed by atoms with E-state index in [4.69, 9.17) is 0 Å². The number of rotatable bonds is 3. The molecule has 1 unspecified atom stereocenters. The Morgan fingerprint density at radius 2 is 1.90 bits per heavy atom. The molecule has 2 aromatic rings. The topological polar surface area (TPSA) is 69.7 Å². The smallest absolute Gasteiger partial charge is 0.319 e. The molecule has 2 aliphatic rings. The van der Waals surface area contributed by atoms with Gasteiger partial charge in [0.25, 0.3) is 5.91 Å². The van der Waals surface area contributed by atoms with Crippen molar-refractivity contribution in [3.8, 4) is 0 Å². The van der Waals surface area contributed by atoms with Gasteiger partial charge in [-0.3, -0.25) is 14.5 Å². The number of nitrogens with one attached hydrogen (secondary N) is 1. The molecule has 1 atom stereocenters. The van der Waals surface area contributed by atoms with Gasteiger partial charge in [-0.05, 0) is 56.0 Å². The number of nitrogens with zero attached hydrogens (tertiary/aromatic N) is 2. The van der Waals surface area contributed by atoms with E-state index in [2.05, 4.69) is 11.4 Å². The van der Waals surface area contributed by atoms with Gasteiger partial charge in [0.1, 0.15) is 17.9 Å². The maximum atomic E-state index is 13.2. The van der Waals surface area contributed by atoms with Crippen LogP contribution >= 0.6 is 0 Å². The molecule has 0 saturated carbocycles. The monoisotopic (exact) mass is 395 g/mol. The number of anilines is 1. The van der Waals surface area contributed by atoms with E-state index in [1.807, 2.05) is 19.1 Å². The first-order chi connectivity index (χ1) is 13.8. The summed E-state index contributed by atoms with van der Waals surface area (Å²) >= 11 is 0. The molecule has 150 valence electrons. The third-order valence-corrected chi connectivity index (χ3v) is 5.64. The first-order valence-corrected chi connectivity index (χ1v) is 9.59. The van der Waals surface area contributed by atoms with E-state index in [1.54, 1.807) is 11.8 Å². The molecule has 1 fully saturated rings. The second-order valence-electron chi connectivity index (χ2n) is 7.73. The van der Waals surface area contributed by atoms with Crippen molar-refractivity contribution in [3.05, 3.63) is 65.0 Å². The highest BCUT2D eigenvalue weighted by atomic mass is 19.1. The highest BCUT2D eigenvalue weighted by Gasteiger charge is 2.49. The average Bonchev–Trinajstić information content (AvgIpc) is 2.91. The molecule has 4 rings (SSSR count). The molecular weight excluding hydrogens is 373 g/mol. The fourth-order valence-corrected chi connectivity index (χ4v) is 4.03. The number of aryl methyl sites for hydroxylation is 2. The molecule has 0 aliphatic carbocycles. The molecule has 4 amide bonds. The second-order valence-corrected chi connectivity index (χ2v) is 7.73. The van der Waals surface area contributed by atoms with E-state index < -0.39 is 23.3 Å². The predicted octanol–water partition coefficient (Wildman–Crippen LogP) is 2.88. The maximum absolute atomic E-state index is 13.2. The molecule has 0 radical (unpaired) electrons. The summed E-state index contributed by atoms with van der Waals surface area (Å²) in [6.45, 7) is 3.77. The van der Waals surface area contributed by atoms with Crippen LogP contribution in [0.1, 0.15) is 30.0 Å². The van der Waals surface area contributed by atoms with Crippen LogP contribution in [0.3, 0.4) is 0 Å². The average molecular weight is 395 g/mol. The Balaban J connectivity index is 1.56. The Kier molecular flexibility index (Phi) is 4.61. The van der Waals surface area contributed by atoms with Gasteiger partial charge in [0, 0.05) is 12.2 Å². The van der Waals surface area contributed by atoms with Crippen LogP contribution in [0.2, 0.25) is 0 Å². The maximum Gasteiger partial charge on any atom is 0.325 e. The molecule has 2 aliphatic heterocycles. The van der Waals surface area contributed by atoms with E-state index in [1.165, 1.54) is 24.3 Å². The Morgan fingerprint density at radius 1 is 1.17 bits per heavy atom. The Hall–Kier alpha value is -3.22. The van der Waals surface area contributed by atoms with Gasteiger partial charge >= 0.3 is 6.03 Å². The Morgan fingerprint density at radius 3 is 2.62 bits per heavy atom. The SMILES string of the molecule is Cc1ccc2c(c1)CCCN2C(=O)CN1C(=O)NC(C)(c2ccc(F)cc2)C1=O. The fourth-order valence-electron chi connectivity index (χ4n) is 4.03. The van der Waals surface area contributed by atoms with Crippen LogP contribution in [0.4, 0.5) is 14.9 Å². The summed E-state index contributed by atoms with van der Waals surface area (Å²) in [6, 6.07) is 10.7. The molecule has 7 heteroatoms. The number of carbonyl (C=O) groups is 3. The number of amides is 4. The minimum absolute atomic E-state index is 0.304. The largest absolute Gasteiger partial charge is 0.325 e. The zero-order valence-corrected chi connectivity index (χ0v) is 16.4. The number of fused-ring (bicyclic) bond motifs is 1. The lowest BCUT2D eigenvalue weighted by molar-refractivity contribution is -0.134. The van der Waals surface area contributed by atoms with Crippen LogP contribution in [0.25, 0.3) is 0 Å². The molecule has 1 saturated heterocycles. The lowest BCUT2D eigenvalue weighted by atomic mass is 9.92. The van der Waals surface area contributed by atoms with Crippen LogP contribution in [0.15, 0.2) is 42.5 Å². The van der Waals surface area contributed by atoms with Crippen molar-refractivity contribution in [2.24, 2.45) is 0 Å². The third-order valence-electron chi connectivity index (χ3n) is 5.64. The molecule has 0 bridgehead atoms. The first kappa shape index (κ1) is 19.1. The number of urea groups is 1. The lowest BCUT2D eigenvalue weighted by Gasteiger charge is -2.31. The lowest BCUT2D eigenvalue weighted by Crippen LogP contribution is -2.46. The fraction of sp³-hybridized carbons (Fsp3) is 0.318. The van der Waals surface area contributed by atoms with Crippen molar-refractivity contribution in [1.82, 2.24) is 10.2 Å². The summed E-state index contributed by atoms with van der Waals surface area (Å²) in [7, 11) is 0. The first-order valence-electron chi connectivity index (χ1n) is 9.59. The van der Waals surface area contributed by atoms with Crippen molar-refractivity contribution in [2.45, 2.75) is 32.2 Å². The minimum atomic E-state index is -1.33. The number of carbonyl (C=O) groups excluding carboxylic acids is 3.